The number of nitrogens with zero attached hydrogens (tertiary/aromatic N) is 4. The van der Waals surface area contributed by atoms with Gasteiger partial charge in [0.1, 0.15) is 29.6 Å². The number of para-hydroxylation sites is 1. The first-order valence-corrected chi connectivity index (χ1v) is 16.8. The van der Waals surface area contributed by atoms with E-state index in [0.717, 1.165) is 22.4 Å². The van der Waals surface area contributed by atoms with Crippen LogP contribution in [0.4, 0.5) is 5.69 Å². The Bertz CT molecular complexity index is 2140. The number of ether oxygens (including phenoxy) is 1. The number of hydrogen-bond acceptors (Lipinski definition) is 12. The van der Waals surface area contributed by atoms with Crippen molar-refractivity contribution in [3.05, 3.63) is 83.0 Å². The minimum Gasteiger partial charge on any atom is -0.469 e. The van der Waals surface area contributed by atoms with Crippen molar-refractivity contribution in [2.24, 2.45) is 17.3 Å². The number of aliphatic hydroxyl groups excluding tert-OH is 1. The molecule has 1 spiro atoms. The molecule has 5 atom stereocenters. The van der Waals surface area contributed by atoms with Crippen molar-refractivity contribution in [3.63, 3.8) is 0 Å². The van der Waals surface area contributed by atoms with E-state index < -0.39 is 35.1 Å². The quantitative estimate of drug-likeness (QED) is 0.205. The highest BCUT2D eigenvalue weighted by Gasteiger charge is 2.61. The lowest BCUT2D eigenvalue weighted by atomic mass is 9.72. The Hall–Kier alpha value is -5.30. The number of ketones is 1. The zero-order valence-electron chi connectivity index (χ0n) is 28.6. The average molecular weight is 679 g/mol. The van der Waals surface area contributed by atoms with Gasteiger partial charge in [0.15, 0.2) is 29.2 Å². The van der Waals surface area contributed by atoms with Gasteiger partial charge in [-0.05, 0) is 41.0 Å². The predicted molar refractivity (Wildman–Crippen MR) is 179 cm³/mol. The summed E-state index contributed by atoms with van der Waals surface area (Å²) in [6, 6.07) is 13.0. The Morgan fingerprint density at radius 3 is 2.58 bits per heavy atom. The number of benzene rings is 2. The molecule has 5 aromatic rings. The maximum atomic E-state index is 14.2. The first-order valence-electron chi connectivity index (χ1n) is 16.8. The van der Waals surface area contributed by atoms with Crippen molar-refractivity contribution in [1.82, 2.24) is 25.5 Å². The number of anilines is 1. The van der Waals surface area contributed by atoms with Crippen molar-refractivity contribution in [1.29, 1.82) is 0 Å². The summed E-state index contributed by atoms with van der Waals surface area (Å²) in [5.41, 5.74) is 2.41. The number of oxazole rings is 2. The lowest BCUT2D eigenvalue weighted by Gasteiger charge is -2.32. The van der Waals surface area contributed by atoms with Gasteiger partial charge in [0.25, 0.3) is 5.89 Å². The second kappa shape index (κ2) is 11.4. The fourth-order valence-corrected chi connectivity index (χ4v) is 7.29. The number of fused-ring (bicyclic) bond motifs is 4. The van der Waals surface area contributed by atoms with E-state index in [4.69, 9.17) is 28.0 Å². The largest absolute Gasteiger partial charge is 0.469 e. The van der Waals surface area contributed by atoms with E-state index in [0.29, 0.717) is 28.8 Å². The summed E-state index contributed by atoms with van der Waals surface area (Å²) in [7, 11) is 0. The van der Waals surface area contributed by atoms with Crippen molar-refractivity contribution < 1.29 is 32.7 Å². The van der Waals surface area contributed by atoms with Crippen molar-refractivity contribution in [2.45, 2.75) is 78.2 Å². The van der Waals surface area contributed by atoms with Gasteiger partial charge in [-0.3, -0.25) is 9.59 Å². The Balaban J connectivity index is 1.37. The molecular formula is C37H38N6O7. The molecule has 0 saturated carbocycles. The Morgan fingerprint density at radius 2 is 1.84 bits per heavy atom. The zero-order valence-corrected chi connectivity index (χ0v) is 28.6. The summed E-state index contributed by atoms with van der Waals surface area (Å²) in [4.78, 5) is 37.3. The third kappa shape index (κ3) is 4.93. The summed E-state index contributed by atoms with van der Waals surface area (Å²) in [6.07, 6.45) is -0.252. The molecule has 258 valence electrons. The molecule has 50 heavy (non-hydrogen) atoms. The van der Waals surface area contributed by atoms with Crippen LogP contribution in [0.15, 0.2) is 62.0 Å². The van der Waals surface area contributed by atoms with Crippen LogP contribution in [0.1, 0.15) is 81.3 Å². The van der Waals surface area contributed by atoms with Crippen LogP contribution in [0.25, 0.3) is 23.2 Å². The molecule has 6 heterocycles. The topological polar surface area (TPSA) is 179 Å². The van der Waals surface area contributed by atoms with Crippen molar-refractivity contribution >= 4 is 17.4 Å². The Labute approximate surface area is 287 Å². The molecule has 13 nitrogen and oxygen atoms in total. The van der Waals surface area contributed by atoms with E-state index in [1.165, 1.54) is 6.26 Å². The molecular weight excluding hydrogens is 640 g/mol. The van der Waals surface area contributed by atoms with E-state index in [2.05, 4.69) is 20.8 Å². The van der Waals surface area contributed by atoms with Gasteiger partial charge in [-0.25, -0.2) is 9.97 Å². The van der Waals surface area contributed by atoms with Crippen LogP contribution in [0, 0.1) is 24.2 Å². The number of rotatable bonds is 6. The monoisotopic (exact) mass is 678 g/mol. The van der Waals surface area contributed by atoms with Crippen LogP contribution >= 0.6 is 0 Å². The van der Waals surface area contributed by atoms with Gasteiger partial charge in [0.05, 0.1) is 0 Å². The van der Waals surface area contributed by atoms with Gasteiger partial charge in [0.2, 0.25) is 23.6 Å². The molecule has 1 unspecified atom stereocenters. The molecule has 8 rings (SSSR count). The lowest BCUT2D eigenvalue weighted by molar-refractivity contribution is -0.135. The number of Topliss-reactive ketones (excluding diaryl/α,β-unsaturated/α-hetero) is 1. The summed E-state index contributed by atoms with van der Waals surface area (Å²) >= 11 is 0. The molecule has 3 N–H and O–H groups in total. The Morgan fingerprint density at radius 1 is 1.04 bits per heavy atom. The maximum absolute atomic E-state index is 14.2. The summed E-state index contributed by atoms with van der Waals surface area (Å²) in [6.45, 7) is 11.2. The Kier molecular flexibility index (Phi) is 7.26. The standard InChI is InChI=1S/C37H38N6O7/c1-17(2)28(45)25(44)15-20-13-19-11-12-26-22(14-19)37(21-9-7-8-10-23(21)39-35(37)49-26)30-27(33-38-24(16-47-33)32-43-42-18(3)48-32)40-34(50-30)29(36(4,5)6)41-31(20)46/h7-12,14,16-17,20,28-29,35,39,45H,13,15H2,1-6H3,(H,41,46)/t20-,28+,29-,35?,37+/m1/s1. The smallest absolute Gasteiger partial charge is 0.269 e. The second-order valence-corrected chi connectivity index (χ2v) is 14.8. The molecule has 13 heteroatoms. The minimum absolute atomic E-state index is 0.135. The normalized spacial score (nSPS) is 22.9. The molecule has 4 bridgehead atoms. The molecule has 0 fully saturated rings. The van der Waals surface area contributed by atoms with E-state index in [9.17, 15) is 14.7 Å². The summed E-state index contributed by atoms with van der Waals surface area (Å²) in [5.74, 6) is 0.237. The van der Waals surface area contributed by atoms with Crippen LogP contribution in [0.5, 0.6) is 5.75 Å². The number of aliphatic hydroxyl groups is 1. The van der Waals surface area contributed by atoms with E-state index in [-0.39, 0.29) is 48.1 Å². The number of carbonyl (C=O) groups excluding carboxylic acids is 2. The first kappa shape index (κ1) is 31.9. The number of nitrogens with one attached hydrogen (secondary N) is 2. The van der Waals surface area contributed by atoms with Gasteiger partial charge in [-0.15, -0.1) is 10.2 Å². The molecule has 0 aliphatic carbocycles. The second-order valence-electron chi connectivity index (χ2n) is 14.8. The van der Waals surface area contributed by atoms with Gasteiger partial charge in [-0.1, -0.05) is 65.0 Å². The lowest BCUT2D eigenvalue weighted by Crippen LogP contribution is -2.42. The van der Waals surface area contributed by atoms with E-state index in [1.54, 1.807) is 20.8 Å². The minimum atomic E-state index is -1.18. The average Bonchev–Trinajstić information content (AvgIpc) is 3.89. The fraction of sp³-hybridized carbons (Fsp3) is 0.405. The van der Waals surface area contributed by atoms with Gasteiger partial charge in [0, 0.05) is 30.5 Å². The number of aryl methyl sites for hydroxylation is 1. The third-order valence-electron chi connectivity index (χ3n) is 9.86. The van der Waals surface area contributed by atoms with Crippen LogP contribution in [-0.2, 0) is 21.4 Å². The maximum Gasteiger partial charge on any atom is 0.269 e. The summed E-state index contributed by atoms with van der Waals surface area (Å²) in [5, 5.41) is 25.4. The van der Waals surface area contributed by atoms with Crippen LogP contribution in [-0.4, -0.2) is 49.3 Å². The van der Waals surface area contributed by atoms with Gasteiger partial charge < -0.3 is 33.7 Å². The van der Waals surface area contributed by atoms with Crippen molar-refractivity contribution in [3.8, 4) is 28.9 Å². The van der Waals surface area contributed by atoms with Crippen LogP contribution < -0.4 is 15.4 Å². The van der Waals surface area contributed by atoms with Crippen LogP contribution in [0.3, 0.4) is 0 Å². The highest BCUT2D eigenvalue weighted by Crippen LogP contribution is 2.59. The fourth-order valence-electron chi connectivity index (χ4n) is 7.29. The SMILES string of the molecule is Cc1nnc(-c2coc(-c3nc4oc3[C@@]35c6ccccc6NC3Oc3ccc(cc35)C[C@H](CC(=O)[C@@H](O)C(C)C)C(=O)N[C@H]4C(C)(C)C)n2)o1. The van der Waals surface area contributed by atoms with Gasteiger partial charge in [-0.2, -0.15) is 0 Å². The predicted octanol–water partition coefficient (Wildman–Crippen LogP) is 5.52. The summed E-state index contributed by atoms with van der Waals surface area (Å²) < 4.78 is 25.3. The number of hydrogen-bond donors (Lipinski definition) is 3. The molecule has 3 aliphatic rings. The highest BCUT2D eigenvalue weighted by molar-refractivity contribution is 5.89. The van der Waals surface area contributed by atoms with E-state index >= 15 is 0 Å². The molecule has 0 saturated heterocycles. The highest BCUT2D eigenvalue weighted by atomic mass is 16.5. The van der Waals surface area contributed by atoms with Crippen LogP contribution in [0.2, 0.25) is 0 Å². The number of amides is 1. The van der Waals surface area contributed by atoms with Gasteiger partial charge >= 0.3 is 0 Å². The number of carbonyl (C=O) groups is 2. The molecule has 1 amide bonds. The van der Waals surface area contributed by atoms with Crippen molar-refractivity contribution in [2.75, 3.05) is 5.32 Å². The number of aromatic nitrogens is 4. The zero-order chi connectivity index (χ0) is 35.1. The molecule has 0 radical (unpaired) electrons. The molecule has 3 aliphatic heterocycles. The first-order chi connectivity index (χ1) is 23.8. The molecule has 3 aromatic heterocycles. The molecule has 2 aromatic carbocycles. The third-order valence-corrected chi connectivity index (χ3v) is 9.86. The van der Waals surface area contributed by atoms with E-state index in [1.807, 2.05) is 63.2 Å².